The molecular weight excluding hydrogens is 256 g/mol. The summed E-state index contributed by atoms with van der Waals surface area (Å²) in [6.45, 7) is 3.67. The molecule has 7 heteroatoms. The maximum Gasteiger partial charge on any atom is 0.249 e. The fourth-order valence-electron chi connectivity index (χ4n) is 1.81. The molecule has 20 heavy (non-hydrogen) atoms. The van der Waals surface area contributed by atoms with Crippen LogP contribution in [0.4, 0.5) is 5.95 Å². The predicted molar refractivity (Wildman–Crippen MR) is 75.7 cm³/mol. The van der Waals surface area contributed by atoms with Crippen molar-refractivity contribution in [3.8, 4) is 11.5 Å². The molecular formula is C13H18N6O. The molecule has 0 aromatic carbocycles. The number of H-pyrrole nitrogens is 1. The number of hydrogen-bond acceptors (Lipinski definition) is 5. The van der Waals surface area contributed by atoms with E-state index in [0.717, 1.165) is 6.42 Å². The molecule has 7 nitrogen and oxygen atoms in total. The Kier molecular flexibility index (Phi) is 4.09. The molecule has 1 unspecified atom stereocenters. The van der Waals surface area contributed by atoms with E-state index in [1.807, 2.05) is 19.1 Å². The van der Waals surface area contributed by atoms with Gasteiger partial charge in [-0.15, -0.1) is 5.10 Å². The summed E-state index contributed by atoms with van der Waals surface area (Å²) in [5, 5.41) is 9.29. The molecule has 2 heterocycles. The summed E-state index contributed by atoms with van der Waals surface area (Å²) in [6.07, 6.45) is 3.08. The van der Waals surface area contributed by atoms with E-state index in [0.29, 0.717) is 17.9 Å². The minimum absolute atomic E-state index is 0.198. The molecule has 0 bridgehead atoms. The lowest BCUT2D eigenvalue weighted by molar-refractivity contribution is -0.120. The zero-order chi connectivity index (χ0) is 14.6. The molecule has 106 valence electrons. The van der Waals surface area contributed by atoms with Crippen LogP contribution in [0.15, 0.2) is 24.4 Å². The normalized spacial score (nSPS) is 13.8. The smallest absolute Gasteiger partial charge is 0.249 e. The van der Waals surface area contributed by atoms with Crippen LogP contribution in [0.25, 0.3) is 11.5 Å². The van der Waals surface area contributed by atoms with Crippen molar-refractivity contribution in [2.75, 3.05) is 5.32 Å². The highest BCUT2D eigenvalue weighted by Gasteiger charge is 2.28. The topological polar surface area (TPSA) is 110 Å². The van der Waals surface area contributed by atoms with E-state index < -0.39 is 5.54 Å². The van der Waals surface area contributed by atoms with Crippen LogP contribution in [0.2, 0.25) is 0 Å². The highest BCUT2D eigenvalue weighted by Crippen LogP contribution is 2.14. The van der Waals surface area contributed by atoms with Gasteiger partial charge in [-0.25, -0.2) is 0 Å². The summed E-state index contributed by atoms with van der Waals surface area (Å²) >= 11 is 0. The van der Waals surface area contributed by atoms with Crippen molar-refractivity contribution in [3.05, 3.63) is 24.4 Å². The third-order valence-corrected chi connectivity index (χ3v) is 2.91. The zero-order valence-electron chi connectivity index (χ0n) is 11.6. The number of anilines is 1. The zero-order valence-corrected chi connectivity index (χ0v) is 11.6. The maximum absolute atomic E-state index is 12.0. The molecule has 0 fully saturated rings. The SMILES string of the molecule is CCCC(C)(N)C(=O)Nc1n[nH]c(-c2ccccn2)n1. The monoisotopic (exact) mass is 274 g/mol. The molecule has 0 spiro atoms. The van der Waals surface area contributed by atoms with Gasteiger partial charge in [-0.05, 0) is 25.5 Å². The Bertz CT molecular complexity index is 578. The number of carbonyl (C=O) groups is 1. The van der Waals surface area contributed by atoms with Crippen LogP contribution in [-0.4, -0.2) is 31.6 Å². The number of aromatic amines is 1. The van der Waals surface area contributed by atoms with E-state index in [-0.39, 0.29) is 11.9 Å². The molecule has 0 saturated carbocycles. The Morgan fingerprint density at radius 2 is 2.30 bits per heavy atom. The van der Waals surface area contributed by atoms with Crippen molar-refractivity contribution < 1.29 is 4.79 Å². The molecule has 1 atom stereocenters. The van der Waals surface area contributed by atoms with Gasteiger partial charge in [-0.3, -0.25) is 20.2 Å². The number of hydrogen-bond donors (Lipinski definition) is 3. The molecule has 0 aliphatic rings. The molecule has 4 N–H and O–H groups in total. The van der Waals surface area contributed by atoms with Crippen molar-refractivity contribution in [2.24, 2.45) is 5.73 Å². The number of nitrogens with one attached hydrogen (secondary N) is 2. The number of carbonyl (C=O) groups excluding carboxylic acids is 1. The molecule has 0 aliphatic heterocycles. The number of amides is 1. The second kappa shape index (κ2) is 5.79. The number of aromatic nitrogens is 4. The standard InChI is InChI=1S/C13H18N6O/c1-3-7-13(2,14)11(20)17-12-16-10(18-19-12)9-6-4-5-8-15-9/h4-6,8H,3,7,14H2,1-2H3,(H2,16,17,18,19,20). The minimum atomic E-state index is -0.930. The molecule has 0 aliphatic carbocycles. The second-order valence-corrected chi connectivity index (χ2v) is 4.84. The lowest BCUT2D eigenvalue weighted by atomic mass is 9.97. The van der Waals surface area contributed by atoms with E-state index in [4.69, 9.17) is 5.73 Å². The lowest BCUT2D eigenvalue weighted by Crippen LogP contribution is -2.48. The van der Waals surface area contributed by atoms with Gasteiger partial charge >= 0.3 is 0 Å². The first-order valence-electron chi connectivity index (χ1n) is 6.47. The van der Waals surface area contributed by atoms with Crippen LogP contribution >= 0.6 is 0 Å². The van der Waals surface area contributed by atoms with Gasteiger partial charge in [0.1, 0.15) is 5.69 Å². The van der Waals surface area contributed by atoms with E-state index in [2.05, 4.69) is 25.5 Å². The van der Waals surface area contributed by atoms with Crippen LogP contribution < -0.4 is 11.1 Å². The lowest BCUT2D eigenvalue weighted by Gasteiger charge is -2.21. The van der Waals surface area contributed by atoms with Crippen molar-refractivity contribution >= 4 is 11.9 Å². The van der Waals surface area contributed by atoms with E-state index in [1.54, 1.807) is 19.2 Å². The Morgan fingerprint density at radius 1 is 1.50 bits per heavy atom. The van der Waals surface area contributed by atoms with Gasteiger partial charge in [0.15, 0.2) is 5.82 Å². The van der Waals surface area contributed by atoms with E-state index >= 15 is 0 Å². The van der Waals surface area contributed by atoms with Crippen molar-refractivity contribution in [1.29, 1.82) is 0 Å². The van der Waals surface area contributed by atoms with Gasteiger partial charge in [0.2, 0.25) is 11.9 Å². The van der Waals surface area contributed by atoms with Crippen LogP contribution in [0.1, 0.15) is 26.7 Å². The van der Waals surface area contributed by atoms with Crippen molar-refractivity contribution in [3.63, 3.8) is 0 Å². The fraction of sp³-hybridized carbons (Fsp3) is 0.385. The van der Waals surface area contributed by atoms with Crippen molar-refractivity contribution in [2.45, 2.75) is 32.2 Å². The Morgan fingerprint density at radius 3 is 2.95 bits per heavy atom. The van der Waals surface area contributed by atoms with Crippen LogP contribution in [0.3, 0.4) is 0 Å². The first-order chi connectivity index (χ1) is 9.53. The predicted octanol–water partition coefficient (Wildman–Crippen LogP) is 1.32. The van der Waals surface area contributed by atoms with Gasteiger partial charge in [-0.1, -0.05) is 19.4 Å². The molecule has 2 aromatic heterocycles. The molecule has 2 rings (SSSR count). The summed E-state index contributed by atoms with van der Waals surface area (Å²) in [7, 11) is 0. The Labute approximate surface area is 117 Å². The Balaban J connectivity index is 2.09. The third-order valence-electron chi connectivity index (χ3n) is 2.91. The van der Waals surface area contributed by atoms with Crippen molar-refractivity contribution in [1.82, 2.24) is 20.2 Å². The van der Waals surface area contributed by atoms with Gasteiger partial charge in [-0.2, -0.15) is 4.98 Å². The van der Waals surface area contributed by atoms with Crippen LogP contribution in [0.5, 0.6) is 0 Å². The highest BCUT2D eigenvalue weighted by molar-refractivity contribution is 5.96. The summed E-state index contributed by atoms with van der Waals surface area (Å²) in [5.41, 5.74) is 5.67. The minimum Gasteiger partial charge on any atom is -0.318 e. The third kappa shape index (κ3) is 3.18. The molecule has 0 saturated heterocycles. The number of rotatable bonds is 5. The number of pyridine rings is 1. The quantitative estimate of drug-likeness (QED) is 0.761. The average molecular weight is 274 g/mol. The highest BCUT2D eigenvalue weighted by atomic mass is 16.2. The van der Waals surface area contributed by atoms with E-state index in [1.165, 1.54) is 0 Å². The van der Waals surface area contributed by atoms with Gasteiger partial charge in [0, 0.05) is 6.20 Å². The number of nitrogens with zero attached hydrogens (tertiary/aromatic N) is 3. The summed E-state index contributed by atoms with van der Waals surface area (Å²) in [6, 6.07) is 5.46. The van der Waals surface area contributed by atoms with Crippen LogP contribution in [0, 0.1) is 0 Å². The number of nitrogens with two attached hydrogens (primary N) is 1. The summed E-state index contributed by atoms with van der Waals surface area (Å²) in [4.78, 5) is 20.4. The van der Waals surface area contributed by atoms with Gasteiger partial charge in [0.05, 0.1) is 5.54 Å². The molecule has 2 aromatic rings. The first-order valence-corrected chi connectivity index (χ1v) is 6.47. The largest absolute Gasteiger partial charge is 0.318 e. The molecule has 1 amide bonds. The van der Waals surface area contributed by atoms with Gasteiger partial charge in [0.25, 0.3) is 0 Å². The first kappa shape index (κ1) is 14.1. The van der Waals surface area contributed by atoms with Gasteiger partial charge < -0.3 is 5.73 Å². The summed E-state index contributed by atoms with van der Waals surface area (Å²) in [5.74, 6) is 0.393. The second-order valence-electron chi connectivity index (χ2n) is 4.84. The van der Waals surface area contributed by atoms with E-state index in [9.17, 15) is 4.79 Å². The van der Waals surface area contributed by atoms with Crippen LogP contribution in [-0.2, 0) is 4.79 Å². The fourth-order valence-corrected chi connectivity index (χ4v) is 1.81. The maximum atomic E-state index is 12.0. The molecule has 0 radical (unpaired) electrons. The summed E-state index contributed by atoms with van der Waals surface area (Å²) < 4.78 is 0. The average Bonchev–Trinajstić information content (AvgIpc) is 2.88. The Hall–Kier alpha value is -2.28.